The van der Waals surface area contributed by atoms with Crippen LogP contribution in [0, 0.1) is 0 Å². The molecule has 12 aromatic carbocycles. The number of ether oxygens (including phenoxy) is 2. The molecule has 0 fully saturated rings. The van der Waals surface area contributed by atoms with Gasteiger partial charge in [-0.25, -0.2) is 0 Å². The lowest BCUT2D eigenvalue weighted by Gasteiger charge is -2.43. The zero-order valence-corrected chi connectivity index (χ0v) is 49.4. The highest BCUT2D eigenvalue weighted by molar-refractivity contribution is 5.94. The van der Waals surface area contributed by atoms with E-state index in [4.69, 9.17) is 9.47 Å². The number of fused-ring (bicyclic) bond motifs is 14. The molecule has 0 saturated carbocycles. The van der Waals surface area contributed by atoms with Crippen LogP contribution in [0.1, 0.15) is 119 Å². The van der Waals surface area contributed by atoms with Gasteiger partial charge in [0.2, 0.25) is 0 Å². The van der Waals surface area contributed by atoms with Crippen LogP contribution in [0.2, 0.25) is 0 Å². The van der Waals surface area contributed by atoms with Crippen molar-refractivity contribution in [3.63, 3.8) is 0 Å². The second-order valence-electron chi connectivity index (χ2n) is 25.9. The van der Waals surface area contributed by atoms with Gasteiger partial charge in [0.1, 0.15) is 17.2 Å². The van der Waals surface area contributed by atoms with E-state index in [0.29, 0.717) is 0 Å². The van der Waals surface area contributed by atoms with E-state index in [1.165, 1.54) is 66.8 Å². The molecule has 0 saturated heterocycles. The Kier molecular flexibility index (Phi) is 11.4. The summed E-state index contributed by atoms with van der Waals surface area (Å²) in [5.74, 6) is 3.29. The molecule has 0 bridgehead atoms. The maximum Gasteiger partial charge on any atom is 0.156 e. The number of anilines is 3. The largest absolute Gasteiger partial charge is 0.457 e. The van der Waals surface area contributed by atoms with Gasteiger partial charge >= 0.3 is 0 Å². The number of hydrogen-bond donors (Lipinski definition) is 0. The molecule has 0 amide bonds. The average Bonchev–Trinajstić information content (AvgIpc) is 1.85. The van der Waals surface area contributed by atoms with Gasteiger partial charge in [-0.1, -0.05) is 278 Å². The first-order chi connectivity index (χ1) is 41.9. The summed E-state index contributed by atoms with van der Waals surface area (Å²) in [6.07, 6.45) is 0. The fourth-order valence-electron chi connectivity index (χ4n) is 15.4. The molecule has 16 rings (SSSR count). The van der Waals surface area contributed by atoms with Gasteiger partial charge in [-0.15, -0.1) is 0 Å². The molecule has 86 heavy (non-hydrogen) atoms. The molecular weight excluding hydrogens is 1040 g/mol. The average molecular weight is 1110 g/mol. The fourth-order valence-corrected chi connectivity index (χ4v) is 15.4. The molecule has 0 radical (unpaired) electrons. The Balaban J connectivity index is 1.03. The highest BCUT2D eigenvalue weighted by Crippen LogP contribution is 2.66. The zero-order valence-electron chi connectivity index (χ0n) is 49.4. The summed E-state index contributed by atoms with van der Waals surface area (Å²) in [6, 6.07) is 106. The highest BCUT2D eigenvalue weighted by atomic mass is 16.5. The van der Waals surface area contributed by atoms with Crippen LogP contribution in [0.3, 0.4) is 0 Å². The van der Waals surface area contributed by atoms with E-state index in [1.54, 1.807) is 0 Å². The lowest BCUT2D eigenvalue weighted by Crippen LogP contribution is -2.34. The molecular formula is C83H65NO2. The standard InChI is InChI=1S/C83H65NO2/c1-79(2,3)58-42-46-63-64-47-43-59(80(4,5)6)51-71(64)83(70(63)50-58)68-37-22-24-41-76(68)86-78-69(83)38-25-39-74(78)84(60-44-48-65-62-34-19-20-35-66(62)81(72(65)52-60,54-26-11-7-12-27-54)55-28-13-8-14-29-55)61-45-49-77-73(53-61)82(56-30-15-9-16-31-56,57-32-17-10-18-33-57)67-36-21-23-40-75(67)85-77/h7-53H,1-6H3. The summed E-state index contributed by atoms with van der Waals surface area (Å²) >= 11 is 0. The Morgan fingerprint density at radius 1 is 0.267 bits per heavy atom. The van der Waals surface area contributed by atoms with E-state index in [0.717, 1.165) is 73.4 Å². The normalized spacial score (nSPS) is 14.9. The molecule has 3 heteroatoms. The summed E-state index contributed by atoms with van der Waals surface area (Å²) in [4.78, 5) is 2.49. The number of hydrogen-bond acceptors (Lipinski definition) is 3. The van der Waals surface area contributed by atoms with Crippen LogP contribution in [0.4, 0.5) is 17.1 Å². The summed E-state index contributed by atoms with van der Waals surface area (Å²) in [5.41, 5.74) is 22.1. The van der Waals surface area contributed by atoms with Gasteiger partial charge in [-0.2, -0.15) is 0 Å². The number of benzene rings is 12. The molecule has 1 spiro atoms. The van der Waals surface area contributed by atoms with Gasteiger partial charge in [0, 0.05) is 33.6 Å². The van der Waals surface area contributed by atoms with Gasteiger partial charge in [0.25, 0.3) is 0 Å². The van der Waals surface area contributed by atoms with Crippen molar-refractivity contribution >= 4 is 17.1 Å². The third kappa shape index (κ3) is 7.27. The van der Waals surface area contributed by atoms with Crippen molar-refractivity contribution in [1.82, 2.24) is 0 Å². The van der Waals surface area contributed by atoms with Crippen molar-refractivity contribution in [3.05, 3.63) is 363 Å². The lowest BCUT2D eigenvalue weighted by atomic mass is 9.63. The predicted molar refractivity (Wildman–Crippen MR) is 352 cm³/mol. The molecule has 3 nitrogen and oxygen atoms in total. The number of rotatable bonds is 7. The third-order valence-corrected chi connectivity index (χ3v) is 19.3. The van der Waals surface area contributed by atoms with E-state index >= 15 is 0 Å². The molecule has 2 aliphatic heterocycles. The van der Waals surface area contributed by atoms with Crippen LogP contribution in [-0.2, 0) is 27.1 Å². The van der Waals surface area contributed by atoms with Crippen molar-refractivity contribution in [2.75, 3.05) is 4.90 Å². The lowest BCUT2D eigenvalue weighted by molar-refractivity contribution is 0.434. The molecule has 4 aliphatic rings. The molecule has 0 N–H and O–H groups in total. The van der Waals surface area contributed by atoms with Gasteiger partial charge in [0.15, 0.2) is 5.75 Å². The molecule has 12 aromatic rings. The van der Waals surface area contributed by atoms with E-state index in [2.05, 4.69) is 332 Å². The number of para-hydroxylation sites is 3. The molecule has 2 aliphatic carbocycles. The van der Waals surface area contributed by atoms with Crippen molar-refractivity contribution in [2.45, 2.75) is 68.6 Å². The maximum atomic E-state index is 7.74. The quantitative estimate of drug-likeness (QED) is 0.159. The Hall–Kier alpha value is -9.96. The van der Waals surface area contributed by atoms with Crippen molar-refractivity contribution < 1.29 is 9.47 Å². The monoisotopic (exact) mass is 1110 g/mol. The van der Waals surface area contributed by atoms with Crippen LogP contribution in [-0.4, -0.2) is 0 Å². The van der Waals surface area contributed by atoms with Crippen LogP contribution in [0.15, 0.2) is 285 Å². The van der Waals surface area contributed by atoms with Crippen LogP contribution in [0.25, 0.3) is 22.3 Å². The second-order valence-corrected chi connectivity index (χ2v) is 25.9. The van der Waals surface area contributed by atoms with Gasteiger partial charge in [-0.3, -0.25) is 0 Å². The van der Waals surface area contributed by atoms with Crippen molar-refractivity contribution in [2.24, 2.45) is 0 Å². The summed E-state index contributed by atoms with van der Waals surface area (Å²) in [7, 11) is 0. The van der Waals surface area contributed by atoms with Gasteiger partial charge in [-0.05, 0) is 137 Å². The third-order valence-electron chi connectivity index (χ3n) is 19.3. The molecule has 414 valence electrons. The minimum Gasteiger partial charge on any atom is -0.457 e. The first-order valence-electron chi connectivity index (χ1n) is 30.3. The minimum absolute atomic E-state index is 0.110. The zero-order chi connectivity index (χ0) is 58.2. The van der Waals surface area contributed by atoms with Crippen LogP contribution >= 0.6 is 0 Å². The first-order valence-corrected chi connectivity index (χ1v) is 30.3. The number of nitrogens with zero attached hydrogens (tertiary/aromatic N) is 1. The topological polar surface area (TPSA) is 21.7 Å². The Bertz CT molecular complexity index is 4520. The van der Waals surface area contributed by atoms with Crippen LogP contribution in [0.5, 0.6) is 23.0 Å². The Labute approximate surface area is 505 Å². The summed E-state index contributed by atoms with van der Waals surface area (Å²) in [6.45, 7) is 14.0. The fraction of sp³-hybridized carbons (Fsp3) is 0.133. The maximum absolute atomic E-state index is 7.74. The van der Waals surface area contributed by atoms with E-state index < -0.39 is 16.2 Å². The molecule has 2 heterocycles. The van der Waals surface area contributed by atoms with E-state index in [-0.39, 0.29) is 10.8 Å². The molecule has 0 atom stereocenters. The summed E-state index contributed by atoms with van der Waals surface area (Å²) in [5, 5.41) is 0. The Morgan fingerprint density at radius 3 is 1.16 bits per heavy atom. The smallest absolute Gasteiger partial charge is 0.156 e. The van der Waals surface area contributed by atoms with Crippen molar-refractivity contribution in [1.29, 1.82) is 0 Å². The Morgan fingerprint density at radius 2 is 0.640 bits per heavy atom. The minimum atomic E-state index is -0.772. The van der Waals surface area contributed by atoms with Gasteiger partial charge in [0.05, 0.1) is 21.9 Å². The summed E-state index contributed by atoms with van der Waals surface area (Å²) < 4.78 is 14.9. The van der Waals surface area contributed by atoms with E-state index in [1.807, 2.05) is 0 Å². The SMILES string of the molecule is CC(C)(C)c1ccc2c(c1)C1(c3ccccc3Oc3c(N(c4ccc5c(c4)C(c4ccccc4)(c4ccccc4)c4ccccc4O5)c4ccc5c(c4)C(c4ccccc4)(c4ccccc4)c4ccccc4-5)cccc31)c1cc(C(C)(C)C)ccc1-2. The van der Waals surface area contributed by atoms with Crippen LogP contribution < -0.4 is 14.4 Å². The first kappa shape index (κ1) is 51.7. The van der Waals surface area contributed by atoms with E-state index in [9.17, 15) is 0 Å². The predicted octanol–water partition coefficient (Wildman–Crippen LogP) is 21.1. The van der Waals surface area contributed by atoms with Crippen molar-refractivity contribution in [3.8, 4) is 45.3 Å². The highest BCUT2D eigenvalue weighted by Gasteiger charge is 2.54. The van der Waals surface area contributed by atoms with Gasteiger partial charge < -0.3 is 14.4 Å². The molecule has 0 aromatic heterocycles. The second kappa shape index (κ2) is 19.0. The molecule has 0 unspecified atom stereocenters.